The van der Waals surface area contributed by atoms with E-state index < -0.39 is 6.04 Å². The van der Waals surface area contributed by atoms with Crippen molar-refractivity contribution in [1.82, 2.24) is 10.2 Å². The van der Waals surface area contributed by atoms with Gasteiger partial charge in [0.25, 0.3) is 5.91 Å². The predicted molar refractivity (Wildman–Crippen MR) is 136 cm³/mol. The van der Waals surface area contributed by atoms with Crippen LogP contribution in [0.25, 0.3) is 0 Å². The highest BCUT2D eigenvalue weighted by Crippen LogP contribution is 2.18. The van der Waals surface area contributed by atoms with Crippen molar-refractivity contribution in [2.24, 2.45) is 5.92 Å². The zero-order valence-electron chi connectivity index (χ0n) is 19.9. The van der Waals surface area contributed by atoms with Gasteiger partial charge in [-0.2, -0.15) is 0 Å². The summed E-state index contributed by atoms with van der Waals surface area (Å²) in [4.78, 5) is 28.3. The van der Waals surface area contributed by atoms with Crippen LogP contribution in [0.15, 0.2) is 78.9 Å². The minimum Gasteiger partial charge on any atom is -0.484 e. The maximum atomic E-state index is 13.5. The summed E-state index contributed by atoms with van der Waals surface area (Å²) in [7, 11) is 0. The Bertz CT molecular complexity index is 1090. The second kappa shape index (κ2) is 12.9. The maximum absolute atomic E-state index is 13.5. The SMILES string of the molecule is CC(C)CNC(=O)C(Cc1ccccc1)N(Cc1ccc(F)cc1)C(=O)COc1ccc(Cl)cc1. The van der Waals surface area contributed by atoms with Crippen LogP contribution in [0.3, 0.4) is 0 Å². The zero-order valence-corrected chi connectivity index (χ0v) is 20.7. The molecule has 7 heteroatoms. The Kier molecular flexibility index (Phi) is 9.67. The molecule has 184 valence electrons. The lowest BCUT2D eigenvalue weighted by Gasteiger charge is -2.31. The van der Waals surface area contributed by atoms with Crippen molar-refractivity contribution in [3.8, 4) is 5.75 Å². The molecule has 0 aliphatic carbocycles. The molecule has 0 fully saturated rings. The van der Waals surface area contributed by atoms with Crippen LogP contribution in [0.5, 0.6) is 5.75 Å². The smallest absolute Gasteiger partial charge is 0.261 e. The molecule has 1 N–H and O–H groups in total. The molecule has 0 aromatic heterocycles. The third-order valence-electron chi connectivity index (χ3n) is 5.40. The average molecular weight is 497 g/mol. The highest BCUT2D eigenvalue weighted by atomic mass is 35.5. The molecule has 1 atom stereocenters. The van der Waals surface area contributed by atoms with Crippen LogP contribution in [-0.2, 0) is 22.6 Å². The molecule has 1 unspecified atom stereocenters. The Morgan fingerprint density at radius 2 is 1.60 bits per heavy atom. The first-order chi connectivity index (χ1) is 16.8. The van der Waals surface area contributed by atoms with E-state index in [0.717, 1.165) is 5.56 Å². The molecule has 0 bridgehead atoms. The van der Waals surface area contributed by atoms with Gasteiger partial charge in [0, 0.05) is 24.5 Å². The number of ether oxygens (including phenoxy) is 1. The Labute approximate surface area is 210 Å². The Balaban J connectivity index is 1.88. The highest BCUT2D eigenvalue weighted by Gasteiger charge is 2.30. The van der Waals surface area contributed by atoms with Gasteiger partial charge in [-0.15, -0.1) is 0 Å². The second-order valence-corrected chi connectivity index (χ2v) is 9.17. The van der Waals surface area contributed by atoms with Gasteiger partial charge < -0.3 is 15.0 Å². The largest absolute Gasteiger partial charge is 0.484 e. The van der Waals surface area contributed by atoms with Crippen LogP contribution in [0.4, 0.5) is 4.39 Å². The van der Waals surface area contributed by atoms with Gasteiger partial charge in [-0.25, -0.2) is 4.39 Å². The Morgan fingerprint density at radius 3 is 2.23 bits per heavy atom. The Hall–Kier alpha value is -3.38. The summed E-state index contributed by atoms with van der Waals surface area (Å²) in [6.07, 6.45) is 0.332. The van der Waals surface area contributed by atoms with Crippen molar-refractivity contribution in [3.05, 3.63) is 101 Å². The molecule has 5 nitrogen and oxygen atoms in total. The fourth-order valence-electron chi connectivity index (χ4n) is 3.52. The molecule has 3 rings (SSSR count). The van der Waals surface area contributed by atoms with Gasteiger partial charge in [-0.1, -0.05) is 67.9 Å². The van der Waals surface area contributed by atoms with Crippen LogP contribution in [0, 0.1) is 11.7 Å². The first-order valence-electron chi connectivity index (χ1n) is 11.6. The average Bonchev–Trinajstić information content (AvgIpc) is 2.86. The van der Waals surface area contributed by atoms with Crippen LogP contribution < -0.4 is 10.1 Å². The molecule has 0 aliphatic heterocycles. The lowest BCUT2D eigenvalue weighted by Crippen LogP contribution is -2.52. The molecule has 35 heavy (non-hydrogen) atoms. The molecule has 3 aromatic carbocycles. The van der Waals surface area contributed by atoms with E-state index in [1.54, 1.807) is 36.4 Å². The highest BCUT2D eigenvalue weighted by molar-refractivity contribution is 6.30. The van der Waals surface area contributed by atoms with E-state index >= 15 is 0 Å². The maximum Gasteiger partial charge on any atom is 0.261 e. The lowest BCUT2D eigenvalue weighted by atomic mass is 10.0. The molecule has 0 aliphatic rings. The van der Waals surface area contributed by atoms with Crippen molar-refractivity contribution >= 4 is 23.4 Å². The summed E-state index contributed by atoms with van der Waals surface area (Å²) >= 11 is 5.93. The van der Waals surface area contributed by atoms with E-state index in [1.165, 1.54) is 17.0 Å². The standard InChI is InChI=1S/C28H30ClFN2O3/c1-20(2)17-31-28(34)26(16-21-6-4-3-5-7-21)32(18-22-8-12-24(30)13-9-22)27(33)19-35-25-14-10-23(29)11-15-25/h3-15,20,26H,16-19H2,1-2H3,(H,31,34). The molecule has 0 saturated heterocycles. The third kappa shape index (κ3) is 8.41. The van der Waals surface area contributed by atoms with Crippen molar-refractivity contribution in [3.63, 3.8) is 0 Å². The lowest BCUT2D eigenvalue weighted by molar-refractivity contribution is -0.142. The number of halogens is 2. The van der Waals surface area contributed by atoms with Gasteiger partial charge in [0.2, 0.25) is 5.91 Å². The molecular weight excluding hydrogens is 467 g/mol. The Morgan fingerprint density at radius 1 is 0.943 bits per heavy atom. The summed E-state index contributed by atoms with van der Waals surface area (Å²) in [6, 6.07) is 21.4. The number of amides is 2. The van der Waals surface area contributed by atoms with E-state index in [1.807, 2.05) is 44.2 Å². The van der Waals surface area contributed by atoms with E-state index in [2.05, 4.69) is 5.32 Å². The van der Waals surface area contributed by atoms with Crippen LogP contribution in [-0.4, -0.2) is 35.9 Å². The molecule has 0 saturated carbocycles. The summed E-state index contributed by atoms with van der Waals surface area (Å²) in [5.74, 6) is -0.221. The van der Waals surface area contributed by atoms with E-state index in [9.17, 15) is 14.0 Å². The van der Waals surface area contributed by atoms with Crippen molar-refractivity contribution < 1.29 is 18.7 Å². The summed E-state index contributed by atoms with van der Waals surface area (Å²) in [6.45, 7) is 4.38. The number of nitrogens with zero attached hydrogens (tertiary/aromatic N) is 1. The van der Waals surface area contributed by atoms with Gasteiger partial charge >= 0.3 is 0 Å². The topological polar surface area (TPSA) is 58.6 Å². The number of carbonyl (C=O) groups is 2. The number of rotatable bonds is 11. The van der Waals surface area contributed by atoms with Gasteiger partial charge in [0.15, 0.2) is 6.61 Å². The third-order valence-corrected chi connectivity index (χ3v) is 5.65. The van der Waals surface area contributed by atoms with Gasteiger partial charge in [-0.05, 0) is 53.4 Å². The second-order valence-electron chi connectivity index (χ2n) is 8.74. The summed E-state index contributed by atoms with van der Waals surface area (Å²) in [5, 5.41) is 3.53. The number of carbonyl (C=O) groups excluding carboxylic acids is 2. The van der Waals surface area contributed by atoms with Crippen molar-refractivity contribution in [2.45, 2.75) is 32.9 Å². The van der Waals surface area contributed by atoms with E-state index in [-0.39, 0.29) is 36.7 Å². The van der Waals surface area contributed by atoms with Crippen LogP contribution >= 0.6 is 11.6 Å². The quantitative estimate of drug-likeness (QED) is 0.393. The number of nitrogens with one attached hydrogen (secondary N) is 1. The monoisotopic (exact) mass is 496 g/mol. The summed E-state index contributed by atoms with van der Waals surface area (Å²) < 4.78 is 19.2. The van der Waals surface area contributed by atoms with E-state index in [4.69, 9.17) is 16.3 Å². The molecule has 2 amide bonds. The van der Waals surface area contributed by atoms with Crippen molar-refractivity contribution in [2.75, 3.05) is 13.2 Å². The number of hydrogen-bond acceptors (Lipinski definition) is 3. The molecule has 0 radical (unpaired) electrons. The first kappa shape index (κ1) is 26.2. The normalized spacial score (nSPS) is 11.7. The molecule has 3 aromatic rings. The van der Waals surface area contributed by atoms with Crippen LogP contribution in [0.1, 0.15) is 25.0 Å². The van der Waals surface area contributed by atoms with Crippen molar-refractivity contribution in [1.29, 1.82) is 0 Å². The van der Waals surface area contributed by atoms with Gasteiger partial charge in [-0.3, -0.25) is 9.59 Å². The molecule has 0 heterocycles. The van der Waals surface area contributed by atoms with Gasteiger partial charge in [0.05, 0.1) is 0 Å². The summed E-state index contributed by atoms with van der Waals surface area (Å²) in [5.41, 5.74) is 1.63. The minimum absolute atomic E-state index is 0.135. The molecule has 0 spiro atoms. The number of hydrogen-bond donors (Lipinski definition) is 1. The first-order valence-corrected chi connectivity index (χ1v) is 11.9. The number of benzene rings is 3. The fourth-order valence-corrected chi connectivity index (χ4v) is 3.65. The van der Waals surface area contributed by atoms with E-state index in [0.29, 0.717) is 29.3 Å². The predicted octanol–water partition coefficient (Wildman–Crippen LogP) is 5.27. The molecular formula is C28H30ClFN2O3. The van der Waals surface area contributed by atoms with Crippen LogP contribution in [0.2, 0.25) is 5.02 Å². The zero-order chi connectivity index (χ0) is 25.2. The minimum atomic E-state index is -0.775. The fraction of sp³-hybridized carbons (Fsp3) is 0.286. The van der Waals surface area contributed by atoms with Gasteiger partial charge in [0.1, 0.15) is 17.6 Å².